The topological polar surface area (TPSA) is 69.4 Å². The fourth-order valence-corrected chi connectivity index (χ4v) is 3.70. The number of ether oxygens (including phenoxy) is 2. The lowest BCUT2D eigenvalue weighted by molar-refractivity contribution is 0.395. The van der Waals surface area contributed by atoms with Crippen LogP contribution in [0.1, 0.15) is 17.5 Å². The van der Waals surface area contributed by atoms with E-state index in [1.165, 1.54) is 26.4 Å². The van der Waals surface area contributed by atoms with Crippen molar-refractivity contribution >= 4 is 28.9 Å². The van der Waals surface area contributed by atoms with E-state index < -0.39 is 11.9 Å². The Bertz CT molecular complexity index is 1230. The van der Waals surface area contributed by atoms with Crippen molar-refractivity contribution in [3.8, 4) is 23.0 Å². The SMILES string of the molecule is COc1cc(OC)c(N[C@@H](c2nnc(-c3ccccc3)o2)c2ccc(F)cc2Cl)cc1Cl. The summed E-state index contributed by atoms with van der Waals surface area (Å²) in [5, 5.41) is 12.2. The van der Waals surface area contributed by atoms with E-state index in [2.05, 4.69) is 15.5 Å². The molecule has 0 fully saturated rings. The molecule has 0 aliphatic heterocycles. The molecule has 0 saturated carbocycles. The number of nitrogens with one attached hydrogen (secondary N) is 1. The molecule has 1 heterocycles. The number of aromatic nitrogens is 2. The minimum absolute atomic E-state index is 0.195. The molecule has 1 N–H and O–H groups in total. The number of anilines is 1. The number of halogens is 3. The normalized spacial score (nSPS) is 11.8. The quantitative estimate of drug-likeness (QED) is 0.334. The van der Waals surface area contributed by atoms with Gasteiger partial charge in [0.1, 0.15) is 23.4 Å². The molecule has 6 nitrogen and oxygen atoms in total. The Hall–Kier alpha value is -3.29. The maximum atomic E-state index is 13.7. The van der Waals surface area contributed by atoms with Crippen LogP contribution in [0.3, 0.4) is 0 Å². The van der Waals surface area contributed by atoms with Crippen LogP contribution in [0.5, 0.6) is 11.5 Å². The largest absolute Gasteiger partial charge is 0.495 e. The van der Waals surface area contributed by atoms with Crippen LogP contribution in [0, 0.1) is 5.82 Å². The molecule has 0 radical (unpaired) electrons. The lowest BCUT2D eigenvalue weighted by Gasteiger charge is -2.21. The van der Waals surface area contributed by atoms with Crippen molar-refractivity contribution in [1.82, 2.24) is 10.2 Å². The third kappa shape index (κ3) is 4.49. The summed E-state index contributed by atoms with van der Waals surface area (Å²) in [6.45, 7) is 0. The first-order valence-electron chi connectivity index (χ1n) is 9.52. The molecule has 0 amide bonds. The monoisotopic (exact) mass is 473 g/mol. The van der Waals surface area contributed by atoms with Crippen LogP contribution < -0.4 is 14.8 Å². The van der Waals surface area contributed by atoms with Gasteiger partial charge in [-0.05, 0) is 30.3 Å². The van der Waals surface area contributed by atoms with Gasteiger partial charge in [0.25, 0.3) is 0 Å². The Balaban J connectivity index is 1.79. The third-order valence-corrected chi connectivity index (χ3v) is 5.38. The van der Waals surface area contributed by atoms with Crippen molar-refractivity contribution < 1.29 is 18.3 Å². The predicted octanol–water partition coefficient (Wildman–Crippen LogP) is 6.40. The number of nitrogens with zero attached hydrogens (tertiary/aromatic N) is 2. The summed E-state index contributed by atoms with van der Waals surface area (Å²) in [6, 6.07) is 16.0. The molecule has 0 saturated heterocycles. The molecular formula is C23H18Cl2FN3O3. The second-order valence-corrected chi connectivity index (χ2v) is 7.56. The van der Waals surface area contributed by atoms with Gasteiger partial charge >= 0.3 is 0 Å². The van der Waals surface area contributed by atoms with Crippen molar-refractivity contribution in [3.63, 3.8) is 0 Å². The number of hydrogen-bond acceptors (Lipinski definition) is 6. The first-order valence-corrected chi connectivity index (χ1v) is 10.3. The van der Waals surface area contributed by atoms with E-state index in [9.17, 15) is 4.39 Å². The smallest absolute Gasteiger partial charge is 0.247 e. The Morgan fingerprint density at radius 3 is 2.34 bits per heavy atom. The van der Waals surface area contributed by atoms with Gasteiger partial charge in [-0.1, -0.05) is 47.5 Å². The van der Waals surface area contributed by atoms with Crippen molar-refractivity contribution in [3.05, 3.63) is 88.0 Å². The summed E-state index contributed by atoms with van der Waals surface area (Å²) in [6.07, 6.45) is 0. The van der Waals surface area contributed by atoms with E-state index >= 15 is 0 Å². The molecule has 1 aromatic heterocycles. The van der Waals surface area contributed by atoms with Crippen LogP contribution in [0.4, 0.5) is 10.1 Å². The van der Waals surface area contributed by atoms with Crippen molar-refractivity contribution in [2.45, 2.75) is 6.04 Å². The summed E-state index contributed by atoms with van der Waals surface area (Å²) < 4.78 is 30.4. The van der Waals surface area contributed by atoms with E-state index in [4.69, 9.17) is 37.1 Å². The highest BCUT2D eigenvalue weighted by molar-refractivity contribution is 6.32. The van der Waals surface area contributed by atoms with Gasteiger partial charge in [0, 0.05) is 22.2 Å². The lowest BCUT2D eigenvalue weighted by Crippen LogP contribution is -2.14. The lowest BCUT2D eigenvalue weighted by atomic mass is 10.1. The average Bonchev–Trinajstić information content (AvgIpc) is 3.29. The molecule has 164 valence electrons. The molecule has 0 unspecified atom stereocenters. The zero-order valence-corrected chi connectivity index (χ0v) is 18.6. The molecule has 0 aliphatic rings. The van der Waals surface area contributed by atoms with Crippen molar-refractivity contribution in [2.24, 2.45) is 0 Å². The van der Waals surface area contributed by atoms with Crippen LogP contribution in [0.15, 0.2) is 65.1 Å². The fourth-order valence-electron chi connectivity index (χ4n) is 3.19. The van der Waals surface area contributed by atoms with Gasteiger partial charge in [-0.15, -0.1) is 10.2 Å². The molecule has 3 aromatic carbocycles. The number of rotatable bonds is 7. The van der Waals surface area contributed by atoms with Crippen molar-refractivity contribution in [1.29, 1.82) is 0 Å². The molecule has 0 spiro atoms. The molecular weight excluding hydrogens is 456 g/mol. The molecule has 4 aromatic rings. The van der Waals surface area contributed by atoms with Gasteiger partial charge in [-0.25, -0.2) is 4.39 Å². The van der Waals surface area contributed by atoms with E-state index in [1.807, 2.05) is 30.3 Å². The summed E-state index contributed by atoms with van der Waals surface area (Å²) in [4.78, 5) is 0. The predicted molar refractivity (Wildman–Crippen MR) is 121 cm³/mol. The highest BCUT2D eigenvalue weighted by Crippen LogP contribution is 2.40. The Kier molecular flexibility index (Phi) is 6.48. The van der Waals surface area contributed by atoms with Crippen LogP contribution in [-0.2, 0) is 0 Å². The van der Waals surface area contributed by atoms with Crippen LogP contribution in [0.25, 0.3) is 11.5 Å². The second kappa shape index (κ2) is 9.46. The maximum Gasteiger partial charge on any atom is 0.247 e. The van der Waals surface area contributed by atoms with E-state index in [-0.39, 0.29) is 10.9 Å². The summed E-state index contributed by atoms with van der Waals surface area (Å²) >= 11 is 12.7. The Morgan fingerprint density at radius 1 is 0.906 bits per heavy atom. The standard InChI is InChI=1S/C23H18Cl2FN3O3/c1-30-19-12-20(31-2)18(11-17(19)25)27-21(15-9-8-14(26)10-16(15)24)23-29-28-22(32-23)13-6-4-3-5-7-13/h3-12,21,27H,1-2H3/t21-/m1/s1. The van der Waals surface area contributed by atoms with E-state index in [0.717, 1.165) is 5.56 Å². The summed E-state index contributed by atoms with van der Waals surface area (Å²) in [5.74, 6) is 1.03. The molecule has 9 heteroatoms. The maximum absolute atomic E-state index is 13.7. The molecule has 4 rings (SSSR count). The third-order valence-electron chi connectivity index (χ3n) is 4.76. The van der Waals surface area contributed by atoms with E-state index in [1.54, 1.807) is 18.2 Å². The molecule has 1 atom stereocenters. The minimum atomic E-state index is -0.716. The van der Waals surface area contributed by atoms with Gasteiger partial charge < -0.3 is 19.2 Å². The fraction of sp³-hybridized carbons (Fsp3) is 0.130. The average molecular weight is 474 g/mol. The number of benzene rings is 3. The highest BCUT2D eigenvalue weighted by atomic mass is 35.5. The summed E-state index contributed by atoms with van der Waals surface area (Å²) in [7, 11) is 3.03. The first kappa shape index (κ1) is 21.9. The number of methoxy groups -OCH3 is 2. The van der Waals surface area contributed by atoms with Gasteiger partial charge in [-0.3, -0.25) is 0 Å². The highest BCUT2D eigenvalue weighted by Gasteiger charge is 2.26. The number of hydrogen-bond donors (Lipinski definition) is 1. The molecule has 32 heavy (non-hydrogen) atoms. The zero-order chi connectivity index (χ0) is 22.7. The minimum Gasteiger partial charge on any atom is -0.495 e. The van der Waals surface area contributed by atoms with Crippen molar-refractivity contribution in [2.75, 3.05) is 19.5 Å². The second-order valence-electron chi connectivity index (χ2n) is 6.74. The van der Waals surface area contributed by atoms with Crippen LogP contribution >= 0.6 is 23.2 Å². The molecule has 0 bridgehead atoms. The first-order chi connectivity index (χ1) is 15.5. The van der Waals surface area contributed by atoms with Gasteiger partial charge in [0.2, 0.25) is 11.8 Å². The van der Waals surface area contributed by atoms with Crippen LogP contribution in [-0.4, -0.2) is 24.4 Å². The van der Waals surface area contributed by atoms with Crippen LogP contribution in [0.2, 0.25) is 10.0 Å². The molecule has 0 aliphatic carbocycles. The van der Waals surface area contributed by atoms with E-state index in [0.29, 0.717) is 33.7 Å². The van der Waals surface area contributed by atoms with Gasteiger partial charge in [-0.2, -0.15) is 0 Å². The Labute approximate surface area is 193 Å². The summed E-state index contributed by atoms with van der Waals surface area (Å²) in [5.41, 5.74) is 1.83. The van der Waals surface area contributed by atoms with Gasteiger partial charge in [0.05, 0.1) is 24.9 Å². The van der Waals surface area contributed by atoms with Gasteiger partial charge in [0.15, 0.2) is 0 Å². The zero-order valence-electron chi connectivity index (χ0n) is 17.1. The Morgan fingerprint density at radius 2 is 1.66 bits per heavy atom.